The lowest BCUT2D eigenvalue weighted by Crippen LogP contribution is -2.59. The highest BCUT2D eigenvalue weighted by Crippen LogP contribution is 2.22. The van der Waals surface area contributed by atoms with Crippen LogP contribution in [0.3, 0.4) is 0 Å². The minimum Gasteiger partial charge on any atom is -0.480 e. The van der Waals surface area contributed by atoms with Gasteiger partial charge in [-0.2, -0.15) is 0 Å². The smallest absolute Gasteiger partial charge is 0.325 e. The van der Waals surface area contributed by atoms with Crippen LogP contribution in [0.1, 0.15) is 26.7 Å². The summed E-state index contributed by atoms with van der Waals surface area (Å²) in [4.78, 5) is 21.3. The summed E-state index contributed by atoms with van der Waals surface area (Å²) in [5.41, 5.74) is 0.913. The topological polar surface area (TPSA) is 92.4 Å². The standard InChI is InChI=1S/C8H16N2O3/c1-3-6(2)8(10-9,4-5-11)7(12)13/h5-6,10H,3-4,9H2,1-2H3,(H,12,13). The van der Waals surface area contributed by atoms with Gasteiger partial charge in [-0.25, -0.2) is 5.43 Å². The van der Waals surface area contributed by atoms with Crippen molar-refractivity contribution < 1.29 is 14.7 Å². The summed E-state index contributed by atoms with van der Waals surface area (Å²) in [7, 11) is 0. The third kappa shape index (κ3) is 2.26. The van der Waals surface area contributed by atoms with Crippen molar-refractivity contribution in [3.05, 3.63) is 0 Å². The van der Waals surface area contributed by atoms with E-state index >= 15 is 0 Å². The van der Waals surface area contributed by atoms with Crippen molar-refractivity contribution in [2.24, 2.45) is 11.8 Å². The zero-order chi connectivity index (χ0) is 10.5. The van der Waals surface area contributed by atoms with E-state index in [1.54, 1.807) is 6.92 Å². The van der Waals surface area contributed by atoms with E-state index < -0.39 is 11.5 Å². The first-order chi connectivity index (χ1) is 6.05. The summed E-state index contributed by atoms with van der Waals surface area (Å²) in [6, 6.07) is 0. The minimum atomic E-state index is -1.32. The molecule has 5 nitrogen and oxygen atoms in total. The third-order valence-corrected chi connectivity index (χ3v) is 2.50. The maximum absolute atomic E-state index is 10.9. The second kappa shape index (κ2) is 4.94. The van der Waals surface area contributed by atoms with Crippen LogP contribution in [0.2, 0.25) is 0 Å². The molecule has 0 aromatic carbocycles. The second-order valence-electron chi connectivity index (χ2n) is 3.10. The first-order valence-corrected chi connectivity index (χ1v) is 4.20. The summed E-state index contributed by atoms with van der Waals surface area (Å²) >= 11 is 0. The molecule has 0 bridgehead atoms. The van der Waals surface area contributed by atoms with Gasteiger partial charge in [-0.3, -0.25) is 10.6 Å². The van der Waals surface area contributed by atoms with Gasteiger partial charge >= 0.3 is 5.97 Å². The van der Waals surface area contributed by atoms with Crippen LogP contribution in [-0.4, -0.2) is 22.9 Å². The van der Waals surface area contributed by atoms with Crippen LogP contribution in [0.15, 0.2) is 0 Å². The molecular weight excluding hydrogens is 172 g/mol. The van der Waals surface area contributed by atoms with Crippen molar-refractivity contribution in [2.45, 2.75) is 32.2 Å². The molecule has 2 unspecified atom stereocenters. The van der Waals surface area contributed by atoms with E-state index in [1.807, 2.05) is 6.92 Å². The normalized spacial score (nSPS) is 17.5. The molecule has 0 fully saturated rings. The van der Waals surface area contributed by atoms with Crippen molar-refractivity contribution in [3.8, 4) is 0 Å². The summed E-state index contributed by atoms with van der Waals surface area (Å²) in [5, 5.41) is 8.96. The summed E-state index contributed by atoms with van der Waals surface area (Å²) in [5.74, 6) is 3.90. The second-order valence-corrected chi connectivity index (χ2v) is 3.10. The fourth-order valence-corrected chi connectivity index (χ4v) is 1.24. The van der Waals surface area contributed by atoms with Gasteiger partial charge in [0.15, 0.2) is 0 Å². The zero-order valence-corrected chi connectivity index (χ0v) is 7.91. The number of nitrogens with one attached hydrogen (secondary N) is 1. The Morgan fingerprint density at radius 2 is 2.31 bits per heavy atom. The molecule has 5 heteroatoms. The lowest BCUT2D eigenvalue weighted by molar-refractivity contribution is -0.148. The zero-order valence-electron chi connectivity index (χ0n) is 7.91. The van der Waals surface area contributed by atoms with Crippen LogP contribution in [-0.2, 0) is 9.59 Å². The molecule has 0 spiro atoms. The molecule has 0 aliphatic heterocycles. The van der Waals surface area contributed by atoms with Gasteiger partial charge in [0.05, 0.1) is 0 Å². The monoisotopic (exact) mass is 188 g/mol. The Kier molecular flexibility index (Phi) is 4.58. The SMILES string of the molecule is CCC(C)C(CC=O)(NN)C(=O)O. The van der Waals surface area contributed by atoms with Crippen molar-refractivity contribution in [2.75, 3.05) is 0 Å². The molecule has 0 amide bonds. The summed E-state index contributed by atoms with van der Waals surface area (Å²) < 4.78 is 0. The number of carboxylic acid groups (broad SMARTS) is 1. The number of carboxylic acids is 1. The van der Waals surface area contributed by atoms with Gasteiger partial charge in [-0.15, -0.1) is 0 Å². The summed E-state index contributed by atoms with van der Waals surface area (Å²) in [6.45, 7) is 3.60. The van der Waals surface area contributed by atoms with Crippen LogP contribution < -0.4 is 11.3 Å². The van der Waals surface area contributed by atoms with Gasteiger partial charge in [0.1, 0.15) is 11.8 Å². The Balaban J connectivity index is 4.84. The number of hydrogen-bond donors (Lipinski definition) is 3. The molecule has 76 valence electrons. The predicted molar refractivity (Wildman–Crippen MR) is 47.8 cm³/mol. The molecular formula is C8H16N2O3. The quantitative estimate of drug-likeness (QED) is 0.308. The fourth-order valence-electron chi connectivity index (χ4n) is 1.24. The molecule has 0 aromatic heterocycles. The van der Waals surface area contributed by atoms with Gasteiger partial charge in [0.2, 0.25) is 0 Å². The lowest BCUT2D eigenvalue weighted by Gasteiger charge is -2.32. The Morgan fingerprint density at radius 1 is 1.77 bits per heavy atom. The highest BCUT2D eigenvalue weighted by atomic mass is 16.4. The van der Waals surface area contributed by atoms with Crippen LogP contribution in [0, 0.1) is 5.92 Å². The van der Waals surface area contributed by atoms with Gasteiger partial charge < -0.3 is 9.90 Å². The van der Waals surface area contributed by atoms with E-state index in [9.17, 15) is 9.59 Å². The van der Waals surface area contributed by atoms with Crippen molar-refractivity contribution >= 4 is 12.3 Å². The Bertz CT molecular complexity index is 196. The molecule has 0 rings (SSSR count). The number of aldehydes is 1. The molecule has 4 N–H and O–H groups in total. The van der Waals surface area contributed by atoms with Gasteiger partial charge in [0.25, 0.3) is 0 Å². The molecule has 0 aromatic rings. The van der Waals surface area contributed by atoms with E-state index in [0.717, 1.165) is 0 Å². The minimum absolute atomic E-state index is 0.117. The molecule has 0 saturated carbocycles. The molecule has 0 aliphatic rings. The lowest BCUT2D eigenvalue weighted by atomic mass is 9.81. The van der Waals surface area contributed by atoms with Gasteiger partial charge in [-0.1, -0.05) is 20.3 Å². The molecule has 0 radical (unpaired) electrons. The van der Waals surface area contributed by atoms with E-state index in [2.05, 4.69) is 5.43 Å². The highest BCUT2D eigenvalue weighted by molar-refractivity contribution is 5.82. The van der Waals surface area contributed by atoms with Crippen LogP contribution in [0.5, 0.6) is 0 Å². The van der Waals surface area contributed by atoms with Crippen molar-refractivity contribution in [3.63, 3.8) is 0 Å². The van der Waals surface area contributed by atoms with E-state index in [4.69, 9.17) is 10.9 Å². The molecule has 0 aliphatic carbocycles. The first kappa shape index (κ1) is 12.1. The van der Waals surface area contributed by atoms with E-state index in [0.29, 0.717) is 12.7 Å². The fraction of sp³-hybridized carbons (Fsp3) is 0.750. The Labute approximate surface area is 77.3 Å². The number of hydrogen-bond acceptors (Lipinski definition) is 4. The number of carbonyl (C=O) groups excluding carboxylic acids is 1. The Hall–Kier alpha value is -0.940. The Morgan fingerprint density at radius 3 is 2.54 bits per heavy atom. The van der Waals surface area contributed by atoms with Crippen LogP contribution in [0.4, 0.5) is 0 Å². The number of nitrogens with two attached hydrogens (primary N) is 1. The van der Waals surface area contributed by atoms with Gasteiger partial charge in [-0.05, 0) is 5.92 Å². The van der Waals surface area contributed by atoms with E-state index in [-0.39, 0.29) is 12.3 Å². The summed E-state index contributed by atoms with van der Waals surface area (Å²) in [6.07, 6.45) is 1.10. The number of carbonyl (C=O) groups is 2. The molecule has 0 heterocycles. The number of aliphatic carboxylic acids is 1. The van der Waals surface area contributed by atoms with Crippen molar-refractivity contribution in [1.29, 1.82) is 0 Å². The maximum atomic E-state index is 10.9. The van der Waals surface area contributed by atoms with Gasteiger partial charge in [0, 0.05) is 6.42 Å². The predicted octanol–water partition coefficient (Wildman–Crippen LogP) is -0.0918. The molecule has 0 saturated heterocycles. The average Bonchev–Trinajstić information content (AvgIpc) is 2.12. The number of rotatable bonds is 6. The largest absolute Gasteiger partial charge is 0.480 e. The number of hydrazine groups is 1. The average molecular weight is 188 g/mol. The van der Waals surface area contributed by atoms with E-state index in [1.165, 1.54) is 0 Å². The molecule has 13 heavy (non-hydrogen) atoms. The highest BCUT2D eigenvalue weighted by Gasteiger charge is 2.41. The van der Waals surface area contributed by atoms with Crippen molar-refractivity contribution in [1.82, 2.24) is 5.43 Å². The maximum Gasteiger partial charge on any atom is 0.325 e. The molecule has 2 atom stereocenters. The van der Waals surface area contributed by atoms with Crippen LogP contribution >= 0.6 is 0 Å². The van der Waals surface area contributed by atoms with Crippen LogP contribution in [0.25, 0.3) is 0 Å². The third-order valence-electron chi connectivity index (χ3n) is 2.50. The first-order valence-electron chi connectivity index (χ1n) is 4.20.